The molecule has 0 unspecified atom stereocenters. The topological polar surface area (TPSA) is 71.9 Å². The zero-order valence-electron chi connectivity index (χ0n) is 11.1. The van der Waals surface area contributed by atoms with E-state index in [0.717, 1.165) is 5.52 Å². The van der Waals surface area contributed by atoms with Crippen molar-refractivity contribution in [3.8, 4) is 0 Å². The van der Waals surface area contributed by atoms with Crippen LogP contribution in [0.4, 0.5) is 0 Å². The van der Waals surface area contributed by atoms with Crippen LogP contribution in [0.15, 0.2) is 40.1 Å². The Hall–Kier alpha value is -2.69. The minimum absolute atomic E-state index is 0.00606. The van der Waals surface area contributed by atoms with Gasteiger partial charge in [-0.3, -0.25) is 14.4 Å². The molecule has 5 nitrogen and oxygen atoms in total. The van der Waals surface area contributed by atoms with Crippen LogP contribution in [0.2, 0.25) is 0 Å². The maximum Gasteiger partial charge on any atom is 0.272 e. The predicted molar refractivity (Wildman–Crippen MR) is 77.3 cm³/mol. The van der Waals surface area contributed by atoms with Gasteiger partial charge in [-0.1, -0.05) is 18.2 Å². The summed E-state index contributed by atoms with van der Waals surface area (Å²) in [4.78, 5) is 38.8. The highest BCUT2D eigenvalue weighted by molar-refractivity contribution is 6.09. The zero-order valence-corrected chi connectivity index (χ0v) is 11.1. The second kappa shape index (κ2) is 4.16. The molecule has 2 aromatic heterocycles. The summed E-state index contributed by atoms with van der Waals surface area (Å²) in [6.45, 7) is 1.31. The largest absolute Gasteiger partial charge is 0.339 e. The van der Waals surface area contributed by atoms with Crippen LogP contribution >= 0.6 is 0 Å². The molecule has 1 N–H and O–H groups in total. The van der Waals surface area contributed by atoms with Gasteiger partial charge in [0.05, 0.1) is 10.9 Å². The van der Waals surface area contributed by atoms with E-state index in [-0.39, 0.29) is 22.4 Å². The summed E-state index contributed by atoms with van der Waals surface area (Å²) < 4.78 is 1.68. The summed E-state index contributed by atoms with van der Waals surface area (Å²) in [6.07, 6.45) is 1.20. The number of carbonyl (C=O) groups excluding carboxylic acids is 1. The molecule has 0 amide bonds. The second-order valence-corrected chi connectivity index (χ2v) is 4.72. The number of benzene rings is 1. The van der Waals surface area contributed by atoms with E-state index in [4.69, 9.17) is 0 Å². The van der Waals surface area contributed by atoms with Gasteiger partial charge in [0.2, 0.25) is 5.43 Å². The fourth-order valence-electron chi connectivity index (χ4n) is 2.56. The Morgan fingerprint density at radius 2 is 1.90 bits per heavy atom. The number of ketones is 1. The Morgan fingerprint density at radius 3 is 2.60 bits per heavy atom. The van der Waals surface area contributed by atoms with Crippen molar-refractivity contribution >= 4 is 27.6 Å². The lowest BCUT2D eigenvalue weighted by Gasteiger charge is -1.94. The maximum absolute atomic E-state index is 12.6. The SMILES string of the molecule is CC(=O)c1c[nH]c(=O)c2c(c1=O)c1ccccc1n2C. The fraction of sp³-hybridized carbons (Fsp3) is 0.133. The first kappa shape index (κ1) is 12.3. The number of aryl methyl sites for hydroxylation is 1. The Labute approximate surface area is 113 Å². The normalized spacial score (nSPS) is 11.1. The lowest BCUT2D eigenvalue weighted by molar-refractivity contribution is 0.101. The third-order valence-corrected chi connectivity index (χ3v) is 3.52. The number of hydrogen-bond donors (Lipinski definition) is 1. The quantitative estimate of drug-likeness (QED) is 0.681. The van der Waals surface area contributed by atoms with Gasteiger partial charge in [-0.25, -0.2) is 0 Å². The molecule has 0 aliphatic rings. The lowest BCUT2D eigenvalue weighted by atomic mass is 10.1. The van der Waals surface area contributed by atoms with Crippen molar-refractivity contribution in [2.45, 2.75) is 6.92 Å². The van der Waals surface area contributed by atoms with Crippen molar-refractivity contribution in [1.82, 2.24) is 9.55 Å². The van der Waals surface area contributed by atoms with Crippen LogP contribution in [0.5, 0.6) is 0 Å². The fourth-order valence-corrected chi connectivity index (χ4v) is 2.56. The van der Waals surface area contributed by atoms with Crippen molar-refractivity contribution in [1.29, 1.82) is 0 Å². The minimum atomic E-state index is -0.414. The van der Waals surface area contributed by atoms with Crippen LogP contribution in [-0.4, -0.2) is 15.3 Å². The molecule has 0 saturated heterocycles. The molecule has 100 valence electrons. The van der Waals surface area contributed by atoms with E-state index in [2.05, 4.69) is 4.98 Å². The first-order chi connectivity index (χ1) is 9.52. The van der Waals surface area contributed by atoms with E-state index in [0.29, 0.717) is 10.8 Å². The lowest BCUT2D eigenvalue weighted by Crippen LogP contribution is -2.10. The van der Waals surface area contributed by atoms with Crippen LogP contribution in [0.1, 0.15) is 17.3 Å². The second-order valence-electron chi connectivity index (χ2n) is 4.72. The van der Waals surface area contributed by atoms with Gasteiger partial charge in [0.15, 0.2) is 5.78 Å². The number of hydrogen-bond acceptors (Lipinski definition) is 3. The Morgan fingerprint density at radius 1 is 1.20 bits per heavy atom. The van der Waals surface area contributed by atoms with Gasteiger partial charge < -0.3 is 9.55 Å². The number of nitrogens with one attached hydrogen (secondary N) is 1. The van der Waals surface area contributed by atoms with E-state index in [1.54, 1.807) is 23.7 Å². The number of rotatable bonds is 1. The molecular weight excluding hydrogens is 256 g/mol. The number of para-hydroxylation sites is 1. The summed E-state index contributed by atoms with van der Waals surface area (Å²) in [6, 6.07) is 7.26. The first-order valence-corrected chi connectivity index (χ1v) is 6.16. The van der Waals surface area contributed by atoms with Crippen molar-refractivity contribution in [3.63, 3.8) is 0 Å². The van der Waals surface area contributed by atoms with Gasteiger partial charge >= 0.3 is 0 Å². The van der Waals surface area contributed by atoms with Gasteiger partial charge in [-0.05, 0) is 13.0 Å². The summed E-state index contributed by atoms with van der Waals surface area (Å²) >= 11 is 0. The Bertz CT molecular complexity index is 980. The molecule has 0 atom stereocenters. The molecule has 0 aliphatic heterocycles. The predicted octanol–water partition coefficient (Wildman–Crippen LogP) is 1.58. The number of aromatic amines is 1. The highest BCUT2D eigenvalue weighted by Crippen LogP contribution is 2.22. The number of fused-ring (bicyclic) bond motifs is 3. The highest BCUT2D eigenvalue weighted by atomic mass is 16.1. The molecule has 0 saturated carbocycles. The maximum atomic E-state index is 12.6. The van der Waals surface area contributed by atoms with Crippen LogP contribution in [-0.2, 0) is 7.05 Å². The molecule has 5 heteroatoms. The average molecular weight is 268 g/mol. The smallest absolute Gasteiger partial charge is 0.272 e. The molecule has 1 aromatic carbocycles. The van der Waals surface area contributed by atoms with Crippen LogP contribution in [0.3, 0.4) is 0 Å². The van der Waals surface area contributed by atoms with Crippen molar-refractivity contribution in [2.24, 2.45) is 7.05 Å². The van der Waals surface area contributed by atoms with E-state index < -0.39 is 5.43 Å². The number of aromatic nitrogens is 2. The average Bonchev–Trinajstić information content (AvgIpc) is 2.64. The van der Waals surface area contributed by atoms with Gasteiger partial charge in [-0.2, -0.15) is 0 Å². The van der Waals surface area contributed by atoms with E-state index in [9.17, 15) is 14.4 Å². The molecule has 2 heterocycles. The van der Waals surface area contributed by atoms with Gasteiger partial charge in [0.25, 0.3) is 5.56 Å². The third kappa shape index (κ3) is 1.53. The minimum Gasteiger partial charge on any atom is -0.339 e. The molecule has 20 heavy (non-hydrogen) atoms. The van der Waals surface area contributed by atoms with Crippen molar-refractivity contribution < 1.29 is 4.79 Å². The van der Waals surface area contributed by atoms with E-state index in [1.165, 1.54) is 13.1 Å². The van der Waals surface area contributed by atoms with Crippen LogP contribution in [0, 0.1) is 0 Å². The molecule has 0 spiro atoms. The molecule has 3 aromatic rings. The van der Waals surface area contributed by atoms with Crippen LogP contribution in [0.25, 0.3) is 21.8 Å². The van der Waals surface area contributed by atoms with Crippen molar-refractivity contribution in [2.75, 3.05) is 0 Å². The van der Waals surface area contributed by atoms with Crippen molar-refractivity contribution in [3.05, 3.63) is 56.6 Å². The van der Waals surface area contributed by atoms with Gasteiger partial charge in [0, 0.05) is 24.1 Å². The molecule has 0 fully saturated rings. The number of Topliss-reactive ketones (excluding diaryl/α,β-unsaturated/α-hetero) is 1. The molecular formula is C15H12N2O3. The summed E-state index contributed by atoms with van der Waals surface area (Å²) in [5, 5.41) is 0.971. The summed E-state index contributed by atoms with van der Waals surface area (Å²) in [5.74, 6) is -0.365. The first-order valence-electron chi connectivity index (χ1n) is 6.16. The Balaban J connectivity index is 2.78. The standard InChI is InChI=1S/C15H12N2O3/c1-8(18)10-7-16-15(20)13-12(14(10)19)9-5-3-4-6-11(9)17(13)2/h3-7H,1-2H3,(H,16,20). The van der Waals surface area contributed by atoms with E-state index >= 15 is 0 Å². The monoisotopic (exact) mass is 268 g/mol. The third-order valence-electron chi connectivity index (χ3n) is 3.52. The molecule has 0 aliphatic carbocycles. The molecule has 0 radical (unpaired) electrons. The summed E-state index contributed by atoms with van der Waals surface area (Å²) in [5.41, 5.74) is 0.258. The number of nitrogens with zero attached hydrogens (tertiary/aromatic N) is 1. The molecule has 3 rings (SSSR count). The van der Waals surface area contributed by atoms with Gasteiger partial charge in [0.1, 0.15) is 5.52 Å². The number of carbonyl (C=O) groups is 1. The van der Waals surface area contributed by atoms with E-state index in [1.807, 2.05) is 12.1 Å². The highest BCUT2D eigenvalue weighted by Gasteiger charge is 2.16. The number of H-pyrrole nitrogens is 1. The van der Waals surface area contributed by atoms with Crippen LogP contribution < -0.4 is 11.0 Å². The van der Waals surface area contributed by atoms with Gasteiger partial charge in [-0.15, -0.1) is 0 Å². The zero-order chi connectivity index (χ0) is 14.4. The summed E-state index contributed by atoms with van der Waals surface area (Å²) in [7, 11) is 1.73. The Kier molecular flexibility index (Phi) is 2.57. The molecule has 0 bridgehead atoms.